The Morgan fingerprint density at radius 2 is 1.72 bits per heavy atom. The minimum absolute atomic E-state index is 0.0369. The maximum Gasteiger partial charge on any atom is 0.206 e. The van der Waals surface area contributed by atoms with Gasteiger partial charge in [0.2, 0.25) is 10.6 Å². The SMILES string of the molecule is COc1cc(C=Nn2c(-c3ccc(Cl)cc3)csc2=NC2CCCCC2)cc(OC)c1O. The number of benzene rings is 2. The van der Waals surface area contributed by atoms with Crippen LogP contribution in [0.5, 0.6) is 17.2 Å². The lowest BCUT2D eigenvalue weighted by atomic mass is 9.96. The molecule has 0 amide bonds. The van der Waals surface area contributed by atoms with Crippen molar-refractivity contribution in [3.8, 4) is 28.5 Å². The zero-order valence-electron chi connectivity index (χ0n) is 18.1. The number of thiazole rings is 1. The molecule has 0 saturated heterocycles. The molecule has 1 aliphatic rings. The molecule has 4 rings (SSSR count). The van der Waals surface area contributed by atoms with Crippen molar-refractivity contribution < 1.29 is 14.6 Å². The summed E-state index contributed by atoms with van der Waals surface area (Å²) in [5.41, 5.74) is 2.69. The third-order valence-corrected chi connectivity index (χ3v) is 6.60. The summed E-state index contributed by atoms with van der Waals surface area (Å²) in [6.45, 7) is 0. The minimum atomic E-state index is -0.0369. The second-order valence-corrected chi connectivity index (χ2v) is 8.93. The van der Waals surface area contributed by atoms with Crippen LogP contribution in [0.25, 0.3) is 11.3 Å². The van der Waals surface area contributed by atoms with Crippen LogP contribution in [0.1, 0.15) is 37.7 Å². The van der Waals surface area contributed by atoms with Crippen LogP contribution >= 0.6 is 22.9 Å². The number of ether oxygens (including phenoxy) is 2. The fraction of sp³-hybridized carbons (Fsp3) is 0.333. The Morgan fingerprint density at radius 1 is 1.06 bits per heavy atom. The monoisotopic (exact) mass is 471 g/mol. The largest absolute Gasteiger partial charge is 0.502 e. The van der Waals surface area contributed by atoms with E-state index in [1.807, 2.05) is 28.9 Å². The number of methoxy groups -OCH3 is 2. The van der Waals surface area contributed by atoms with Crippen molar-refractivity contribution in [2.24, 2.45) is 10.1 Å². The Hall–Kier alpha value is -2.77. The minimum Gasteiger partial charge on any atom is -0.502 e. The summed E-state index contributed by atoms with van der Waals surface area (Å²) in [5.74, 6) is 0.613. The Bertz CT molecular complexity index is 1140. The number of halogens is 1. The molecule has 8 heteroatoms. The Kier molecular flexibility index (Phi) is 7.17. The molecule has 0 spiro atoms. The molecule has 1 saturated carbocycles. The van der Waals surface area contributed by atoms with E-state index in [9.17, 15) is 5.11 Å². The summed E-state index contributed by atoms with van der Waals surface area (Å²) in [4.78, 5) is 5.89. The van der Waals surface area contributed by atoms with Crippen molar-refractivity contribution in [1.29, 1.82) is 0 Å². The highest BCUT2D eigenvalue weighted by Crippen LogP contribution is 2.36. The van der Waals surface area contributed by atoms with E-state index in [-0.39, 0.29) is 5.75 Å². The number of rotatable bonds is 6. The van der Waals surface area contributed by atoms with E-state index in [0.29, 0.717) is 22.6 Å². The van der Waals surface area contributed by atoms with Gasteiger partial charge in [0.25, 0.3) is 0 Å². The van der Waals surface area contributed by atoms with Crippen molar-refractivity contribution in [2.75, 3.05) is 14.2 Å². The van der Waals surface area contributed by atoms with E-state index in [1.165, 1.54) is 33.5 Å². The lowest BCUT2D eigenvalue weighted by molar-refractivity contribution is 0.340. The number of hydrogen-bond acceptors (Lipinski definition) is 6. The van der Waals surface area contributed by atoms with E-state index in [1.54, 1.807) is 29.7 Å². The topological polar surface area (TPSA) is 68.3 Å². The third-order valence-electron chi connectivity index (χ3n) is 5.52. The Morgan fingerprint density at radius 3 is 2.34 bits per heavy atom. The fourth-order valence-electron chi connectivity index (χ4n) is 3.80. The second-order valence-electron chi connectivity index (χ2n) is 7.66. The molecule has 168 valence electrons. The van der Waals surface area contributed by atoms with Gasteiger partial charge in [0.05, 0.1) is 32.2 Å². The predicted molar refractivity (Wildman–Crippen MR) is 129 cm³/mol. The summed E-state index contributed by atoms with van der Waals surface area (Å²) in [5, 5.41) is 17.7. The molecule has 1 N–H and O–H groups in total. The summed E-state index contributed by atoms with van der Waals surface area (Å²) < 4.78 is 12.4. The van der Waals surface area contributed by atoms with Gasteiger partial charge >= 0.3 is 0 Å². The van der Waals surface area contributed by atoms with Crippen molar-refractivity contribution in [3.05, 3.63) is 57.2 Å². The Balaban J connectivity index is 1.78. The van der Waals surface area contributed by atoms with Crippen LogP contribution in [0.15, 0.2) is 51.9 Å². The first-order valence-electron chi connectivity index (χ1n) is 10.6. The molecule has 32 heavy (non-hydrogen) atoms. The number of aromatic nitrogens is 1. The van der Waals surface area contributed by atoms with Gasteiger partial charge in [-0.15, -0.1) is 11.3 Å². The van der Waals surface area contributed by atoms with Gasteiger partial charge in [-0.1, -0.05) is 43.0 Å². The first-order chi connectivity index (χ1) is 15.6. The number of aromatic hydroxyl groups is 1. The summed E-state index contributed by atoms with van der Waals surface area (Å²) in [6, 6.07) is 11.5. The summed E-state index contributed by atoms with van der Waals surface area (Å²) in [6.07, 6.45) is 7.68. The van der Waals surface area contributed by atoms with Crippen LogP contribution < -0.4 is 14.3 Å². The predicted octanol–water partition coefficient (Wildman–Crippen LogP) is 5.71. The van der Waals surface area contributed by atoms with E-state index < -0.39 is 0 Å². The Labute approximate surface area is 196 Å². The average Bonchev–Trinajstić information content (AvgIpc) is 3.21. The van der Waals surface area contributed by atoms with E-state index in [4.69, 9.17) is 31.2 Å². The third kappa shape index (κ3) is 5.00. The highest BCUT2D eigenvalue weighted by Gasteiger charge is 2.15. The highest BCUT2D eigenvalue weighted by molar-refractivity contribution is 7.07. The van der Waals surface area contributed by atoms with E-state index in [2.05, 4.69) is 5.38 Å². The molecule has 3 aromatic rings. The zero-order valence-corrected chi connectivity index (χ0v) is 19.7. The van der Waals surface area contributed by atoms with Crippen LogP contribution in [0, 0.1) is 0 Å². The molecule has 6 nitrogen and oxygen atoms in total. The highest BCUT2D eigenvalue weighted by atomic mass is 35.5. The van der Waals surface area contributed by atoms with Crippen molar-refractivity contribution >= 4 is 29.2 Å². The fourth-order valence-corrected chi connectivity index (χ4v) is 4.83. The van der Waals surface area contributed by atoms with Crippen LogP contribution in [0.3, 0.4) is 0 Å². The molecular formula is C24H26ClN3O3S. The molecule has 0 unspecified atom stereocenters. The van der Waals surface area contributed by atoms with Crippen molar-refractivity contribution in [1.82, 2.24) is 4.68 Å². The molecule has 1 aliphatic carbocycles. The van der Waals surface area contributed by atoms with E-state index >= 15 is 0 Å². The molecule has 0 aliphatic heterocycles. The normalized spacial score (nSPS) is 15.4. The smallest absolute Gasteiger partial charge is 0.206 e. The number of hydrogen-bond donors (Lipinski definition) is 1. The molecule has 0 bridgehead atoms. The van der Waals surface area contributed by atoms with Gasteiger partial charge in [-0.3, -0.25) is 4.99 Å². The molecule has 1 aromatic heterocycles. The molecule has 0 radical (unpaired) electrons. The van der Waals surface area contributed by atoms with Crippen LogP contribution in [0.2, 0.25) is 5.02 Å². The first-order valence-corrected chi connectivity index (χ1v) is 11.8. The number of phenols is 1. The molecule has 1 fully saturated rings. The van der Waals surface area contributed by atoms with Gasteiger partial charge in [-0.05, 0) is 37.1 Å². The zero-order chi connectivity index (χ0) is 22.5. The molecule has 2 aromatic carbocycles. The summed E-state index contributed by atoms with van der Waals surface area (Å²) >= 11 is 7.67. The van der Waals surface area contributed by atoms with Crippen molar-refractivity contribution in [3.63, 3.8) is 0 Å². The maximum atomic E-state index is 10.2. The van der Waals surface area contributed by atoms with Crippen LogP contribution in [-0.2, 0) is 0 Å². The van der Waals surface area contributed by atoms with Gasteiger partial charge in [0.15, 0.2) is 11.5 Å². The van der Waals surface area contributed by atoms with Gasteiger partial charge in [0, 0.05) is 21.5 Å². The lowest BCUT2D eigenvalue weighted by Crippen LogP contribution is -2.19. The first kappa shape index (κ1) is 22.4. The van der Waals surface area contributed by atoms with Crippen LogP contribution in [-0.4, -0.2) is 36.3 Å². The quantitative estimate of drug-likeness (QED) is 0.468. The maximum absolute atomic E-state index is 10.2. The number of phenolic OH excluding ortho intramolecular Hbond substituents is 1. The molecule has 1 heterocycles. The van der Waals surface area contributed by atoms with Gasteiger partial charge in [-0.2, -0.15) is 5.10 Å². The van der Waals surface area contributed by atoms with Crippen molar-refractivity contribution in [2.45, 2.75) is 38.1 Å². The lowest BCUT2D eigenvalue weighted by Gasteiger charge is -2.16. The van der Waals surface area contributed by atoms with Crippen LogP contribution in [0.4, 0.5) is 0 Å². The van der Waals surface area contributed by atoms with E-state index in [0.717, 1.165) is 34.5 Å². The summed E-state index contributed by atoms with van der Waals surface area (Å²) in [7, 11) is 3.01. The molecular weight excluding hydrogens is 446 g/mol. The average molecular weight is 472 g/mol. The molecule has 0 atom stereocenters. The van der Waals surface area contributed by atoms with Gasteiger partial charge in [0.1, 0.15) is 0 Å². The second kappa shape index (κ2) is 10.2. The standard InChI is InChI=1S/C24H26ClN3O3S/c1-30-21-12-16(13-22(31-2)23(21)29)14-26-28-20(17-8-10-18(25)11-9-17)15-32-24(28)27-19-6-4-3-5-7-19/h8-15,19,29H,3-7H2,1-2H3. The van der Waals surface area contributed by atoms with Gasteiger partial charge < -0.3 is 14.6 Å². The number of nitrogens with zero attached hydrogens (tertiary/aromatic N) is 3. The van der Waals surface area contributed by atoms with Gasteiger partial charge in [-0.25, -0.2) is 4.68 Å².